The lowest BCUT2D eigenvalue weighted by Gasteiger charge is -1.96. The molecule has 1 heterocycles. The zero-order valence-corrected chi connectivity index (χ0v) is 8.49. The summed E-state index contributed by atoms with van der Waals surface area (Å²) >= 11 is 0. The van der Waals surface area contributed by atoms with Crippen LogP contribution in [0.1, 0.15) is 22.8 Å². The zero-order chi connectivity index (χ0) is 12.0. The van der Waals surface area contributed by atoms with Gasteiger partial charge in [0.15, 0.2) is 6.29 Å². The molecule has 82 valence electrons. The highest BCUT2D eigenvalue weighted by molar-refractivity contribution is 5.90. The van der Waals surface area contributed by atoms with Crippen LogP contribution in [0.2, 0.25) is 0 Å². The molecule has 0 aliphatic rings. The van der Waals surface area contributed by atoms with Crippen LogP contribution in [0.3, 0.4) is 0 Å². The normalized spacial score (nSPS) is 8.88. The maximum atomic E-state index is 13.0. The SMILES string of the molecule is CCOC(=O)C#Cc1ccnc(F)c1C=O. The lowest BCUT2D eigenvalue weighted by Crippen LogP contribution is -2.01. The van der Waals surface area contributed by atoms with Gasteiger partial charge in [0.25, 0.3) is 0 Å². The average Bonchev–Trinajstić information content (AvgIpc) is 2.27. The molecule has 0 aliphatic heterocycles. The van der Waals surface area contributed by atoms with Crippen molar-refractivity contribution in [2.75, 3.05) is 6.61 Å². The molecule has 0 bridgehead atoms. The molecule has 0 atom stereocenters. The minimum atomic E-state index is -0.911. The maximum absolute atomic E-state index is 13.0. The fourth-order valence-electron chi connectivity index (χ4n) is 0.954. The van der Waals surface area contributed by atoms with E-state index in [1.165, 1.54) is 6.07 Å². The van der Waals surface area contributed by atoms with Crippen molar-refractivity contribution in [1.82, 2.24) is 4.98 Å². The van der Waals surface area contributed by atoms with Gasteiger partial charge in [-0.2, -0.15) is 4.39 Å². The third kappa shape index (κ3) is 2.89. The Morgan fingerprint density at radius 1 is 1.69 bits per heavy atom. The van der Waals surface area contributed by atoms with E-state index in [0.29, 0.717) is 6.29 Å². The largest absolute Gasteiger partial charge is 0.456 e. The molecule has 0 aliphatic carbocycles. The van der Waals surface area contributed by atoms with Crippen molar-refractivity contribution in [1.29, 1.82) is 0 Å². The van der Waals surface area contributed by atoms with Gasteiger partial charge >= 0.3 is 5.97 Å². The molecule has 16 heavy (non-hydrogen) atoms. The van der Waals surface area contributed by atoms with E-state index in [4.69, 9.17) is 0 Å². The van der Waals surface area contributed by atoms with E-state index < -0.39 is 11.9 Å². The summed E-state index contributed by atoms with van der Waals surface area (Å²) in [7, 11) is 0. The molecule has 0 N–H and O–H groups in total. The Kier molecular flexibility index (Phi) is 4.16. The number of rotatable bonds is 2. The van der Waals surface area contributed by atoms with Crippen LogP contribution < -0.4 is 0 Å². The molecule has 0 unspecified atom stereocenters. The summed E-state index contributed by atoms with van der Waals surface area (Å²) in [4.78, 5) is 24.8. The van der Waals surface area contributed by atoms with Crippen LogP contribution >= 0.6 is 0 Å². The number of nitrogens with zero attached hydrogens (tertiary/aromatic N) is 1. The number of esters is 1. The van der Waals surface area contributed by atoms with Crippen LogP contribution in [-0.4, -0.2) is 23.8 Å². The highest BCUT2D eigenvalue weighted by Crippen LogP contribution is 2.06. The second kappa shape index (κ2) is 5.61. The van der Waals surface area contributed by atoms with E-state index in [0.717, 1.165) is 6.20 Å². The maximum Gasteiger partial charge on any atom is 0.384 e. The first-order valence-corrected chi connectivity index (χ1v) is 4.47. The zero-order valence-electron chi connectivity index (χ0n) is 8.49. The summed E-state index contributed by atoms with van der Waals surface area (Å²) in [6.45, 7) is 1.85. The molecule has 0 spiro atoms. The Morgan fingerprint density at radius 3 is 3.06 bits per heavy atom. The van der Waals surface area contributed by atoms with Gasteiger partial charge in [0.05, 0.1) is 12.2 Å². The lowest BCUT2D eigenvalue weighted by atomic mass is 10.1. The third-order valence-corrected chi connectivity index (χ3v) is 1.63. The number of hydrogen-bond donors (Lipinski definition) is 0. The molecule has 0 radical (unpaired) electrons. The van der Waals surface area contributed by atoms with E-state index in [2.05, 4.69) is 21.6 Å². The van der Waals surface area contributed by atoms with Gasteiger partial charge in [-0.25, -0.2) is 9.78 Å². The molecular weight excluding hydrogens is 213 g/mol. The van der Waals surface area contributed by atoms with Crippen LogP contribution in [0.15, 0.2) is 12.3 Å². The van der Waals surface area contributed by atoms with Crippen molar-refractivity contribution in [3.63, 3.8) is 0 Å². The Bertz CT molecular complexity index is 474. The number of aldehydes is 1. The monoisotopic (exact) mass is 221 g/mol. The van der Waals surface area contributed by atoms with Crippen molar-refractivity contribution in [3.8, 4) is 11.8 Å². The molecule has 4 nitrogen and oxygen atoms in total. The fraction of sp³-hybridized carbons (Fsp3) is 0.182. The Labute approximate surface area is 91.4 Å². The number of pyridine rings is 1. The number of halogens is 1. The summed E-state index contributed by atoms with van der Waals surface area (Å²) in [6.07, 6.45) is 1.47. The van der Waals surface area contributed by atoms with Crippen LogP contribution in [0.25, 0.3) is 0 Å². The summed E-state index contributed by atoms with van der Waals surface area (Å²) in [5, 5.41) is 0. The topological polar surface area (TPSA) is 56.3 Å². The molecule has 0 saturated carbocycles. The van der Waals surface area contributed by atoms with E-state index in [1.807, 2.05) is 0 Å². The van der Waals surface area contributed by atoms with Crippen LogP contribution in [-0.2, 0) is 9.53 Å². The van der Waals surface area contributed by atoms with Gasteiger partial charge < -0.3 is 4.74 Å². The first-order chi connectivity index (χ1) is 7.69. The van der Waals surface area contributed by atoms with Crippen molar-refractivity contribution in [2.24, 2.45) is 0 Å². The van der Waals surface area contributed by atoms with Crippen molar-refractivity contribution >= 4 is 12.3 Å². The molecule has 1 aromatic rings. The van der Waals surface area contributed by atoms with E-state index in [-0.39, 0.29) is 17.7 Å². The quantitative estimate of drug-likeness (QED) is 0.323. The van der Waals surface area contributed by atoms with Gasteiger partial charge in [0.1, 0.15) is 0 Å². The minimum Gasteiger partial charge on any atom is -0.456 e. The summed E-state index contributed by atoms with van der Waals surface area (Å²) in [5.41, 5.74) is -0.158. The predicted octanol–water partition coefficient (Wildman–Crippen LogP) is 0.948. The third-order valence-electron chi connectivity index (χ3n) is 1.63. The molecule has 0 fully saturated rings. The van der Waals surface area contributed by atoms with Gasteiger partial charge in [0.2, 0.25) is 5.95 Å². The fourth-order valence-corrected chi connectivity index (χ4v) is 0.954. The van der Waals surface area contributed by atoms with Crippen molar-refractivity contribution < 1.29 is 18.7 Å². The Morgan fingerprint density at radius 2 is 2.44 bits per heavy atom. The average molecular weight is 221 g/mol. The van der Waals surface area contributed by atoms with E-state index in [9.17, 15) is 14.0 Å². The molecular formula is C11H8FNO3. The van der Waals surface area contributed by atoms with Crippen LogP contribution in [0.4, 0.5) is 4.39 Å². The Balaban J connectivity index is 3.01. The van der Waals surface area contributed by atoms with Gasteiger partial charge in [-0.3, -0.25) is 4.79 Å². The van der Waals surface area contributed by atoms with Crippen molar-refractivity contribution in [2.45, 2.75) is 6.92 Å². The molecule has 0 aromatic carbocycles. The second-order valence-corrected chi connectivity index (χ2v) is 2.65. The number of carbonyl (C=O) groups is 2. The van der Waals surface area contributed by atoms with E-state index in [1.54, 1.807) is 6.92 Å². The second-order valence-electron chi connectivity index (χ2n) is 2.65. The molecule has 1 rings (SSSR count). The number of carbonyl (C=O) groups excluding carboxylic acids is 2. The van der Waals surface area contributed by atoms with Crippen LogP contribution in [0, 0.1) is 17.8 Å². The molecule has 5 heteroatoms. The molecule has 0 amide bonds. The first-order valence-electron chi connectivity index (χ1n) is 4.47. The van der Waals surface area contributed by atoms with Gasteiger partial charge in [-0.05, 0) is 13.0 Å². The molecule has 0 saturated heterocycles. The van der Waals surface area contributed by atoms with E-state index >= 15 is 0 Å². The highest BCUT2D eigenvalue weighted by Gasteiger charge is 2.06. The summed E-state index contributed by atoms with van der Waals surface area (Å²) in [5.74, 6) is 2.85. The predicted molar refractivity (Wildman–Crippen MR) is 53.1 cm³/mol. The number of hydrogen-bond acceptors (Lipinski definition) is 4. The van der Waals surface area contributed by atoms with Crippen LogP contribution in [0.5, 0.6) is 0 Å². The van der Waals surface area contributed by atoms with Gasteiger partial charge in [0, 0.05) is 17.7 Å². The summed E-state index contributed by atoms with van der Waals surface area (Å²) in [6, 6.07) is 1.35. The standard InChI is InChI=1S/C11H8FNO3/c1-2-16-10(15)4-3-8-5-6-13-11(12)9(8)7-14/h5-7H,2H2,1H3. The highest BCUT2D eigenvalue weighted by atomic mass is 19.1. The van der Waals surface area contributed by atoms with Gasteiger partial charge in [-0.15, -0.1) is 0 Å². The van der Waals surface area contributed by atoms with Gasteiger partial charge in [-0.1, -0.05) is 5.92 Å². The Hall–Kier alpha value is -2.22. The smallest absolute Gasteiger partial charge is 0.384 e. The lowest BCUT2D eigenvalue weighted by molar-refractivity contribution is -0.136. The molecule has 1 aromatic heterocycles. The van der Waals surface area contributed by atoms with Crippen molar-refractivity contribution in [3.05, 3.63) is 29.3 Å². The number of ether oxygens (including phenoxy) is 1. The number of aromatic nitrogens is 1. The minimum absolute atomic E-state index is 0.107. The first kappa shape index (κ1) is 11.9. The summed E-state index contributed by atoms with van der Waals surface area (Å²) < 4.78 is 17.6.